The highest BCUT2D eigenvalue weighted by molar-refractivity contribution is 5.93. The number of alkyl halides is 6. The summed E-state index contributed by atoms with van der Waals surface area (Å²) in [6.45, 7) is 0.427. The maximum atomic E-state index is 13.7. The van der Waals surface area contributed by atoms with E-state index in [1.54, 1.807) is 37.2 Å². The Labute approximate surface area is 190 Å². The number of anilines is 1. The number of rotatable bonds is 4. The van der Waals surface area contributed by atoms with Crippen LogP contribution in [0.5, 0.6) is 6.01 Å². The zero-order valence-corrected chi connectivity index (χ0v) is 18.1. The van der Waals surface area contributed by atoms with Crippen molar-refractivity contribution in [2.24, 2.45) is 0 Å². The molecule has 1 unspecified atom stereocenters. The summed E-state index contributed by atoms with van der Waals surface area (Å²) in [5.74, 6) is -2.52. The summed E-state index contributed by atoms with van der Waals surface area (Å²) in [6, 6.07) is 8.84. The van der Waals surface area contributed by atoms with E-state index in [4.69, 9.17) is 0 Å². The minimum Gasteiger partial charge on any atom is -0.385 e. The van der Waals surface area contributed by atoms with E-state index in [1.165, 1.54) is 12.1 Å². The smallest absolute Gasteiger partial charge is 0.385 e. The fraction of sp³-hybridized carbons (Fsp3) is 0.364. The second-order valence-corrected chi connectivity index (χ2v) is 8.09. The number of ether oxygens (including phenoxy) is 1. The van der Waals surface area contributed by atoms with Gasteiger partial charge in [-0.1, -0.05) is 18.2 Å². The molecule has 182 valence electrons. The van der Waals surface area contributed by atoms with Gasteiger partial charge >= 0.3 is 24.3 Å². The number of benzene rings is 2. The molecule has 2 aromatic carbocycles. The van der Waals surface area contributed by atoms with Gasteiger partial charge in [0.25, 0.3) is 0 Å². The second-order valence-electron chi connectivity index (χ2n) is 8.09. The van der Waals surface area contributed by atoms with Crippen molar-refractivity contribution < 1.29 is 35.9 Å². The van der Waals surface area contributed by atoms with E-state index >= 15 is 0 Å². The first-order valence-electron chi connectivity index (χ1n) is 10.3. The summed E-state index contributed by atoms with van der Waals surface area (Å²) < 4.78 is 85.7. The van der Waals surface area contributed by atoms with E-state index in [-0.39, 0.29) is 28.6 Å². The Morgan fingerprint density at radius 2 is 1.76 bits per heavy atom. The number of hydrogen-bond donors (Lipinski definition) is 0. The Kier molecular flexibility index (Phi) is 5.96. The Balaban J connectivity index is 2.03. The molecule has 2 heterocycles. The third-order valence-electron chi connectivity index (χ3n) is 5.58. The van der Waals surface area contributed by atoms with Crippen LogP contribution in [-0.4, -0.2) is 53.4 Å². The molecule has 1 aliphatic rings. The van der Waals surface area contributed by atoms with Crippen LogP contribution in [0.4, 0.5) is 32.0 Å². The number of carbonyl (C=O) groups excluding carboxylic acids is 1. The third-order valence-corrected chi connectivity index (χ3v) is 5.58. The molecule has 1 fully saturated rings. The molecule has 4 rings (SSSR count). The maximum Gasteiger partial charge on any atom is 0.491 e. The van der Waals surface area contributed by atoms with Gasteiger partial charge in [-0.3, -0.25) is 9.47 Å². The molecule has 0 bridgehead atoms. The normalized spacial score (nSPS) is 17.1. The lowest BCUT2D eigenvalue weighted by Crippen LogP contribution is -2.40. The number of carbonyl (C=O) groups is 1. The van der Waals surface area contributed by atoms with E-state index in [1.807, 2.05) is 4.90 Å². The van der Waals surface area contributed by atoms with Crippen molar-refractivity contribution in [1.29, 1.82) is 0 Å². The summed E-state index contributed by atoms with van der Waals surface area (Å²) in [4.78, 5) is 19.1. The first-order chi connectivity index (χ1) is 15.9. The SMILES string of the molecule is CN(C)C1CCCN1c1cc(C(F)(F)F)cc2nc(OC(=O)C(F)(F)F)n(-c3ccccc3)c12. The summed E-state index contributed by atoms with van der Waals surface area (Å²) in [7, 11) is 3.58. The van der Waals surface area contributed by atoms with Crippen LogP contribution in [0.2, 0.25) is 0 Å². The molecular formula is C22H20F6N4O2. The van der Waals surface area contributed by atoms with Crippen LogP contribution in [0.15, 0.2) is 42.5 Å². The largest absolute Gasteiger partial charge is 0.491 e. The molecule has 0 N–H and O–H groups in total. The van der Waals surface area contributed by atoms with Gasteiger partial charge in [0.15, 0.2) is 0 Å². The van der Waals surface area contributed by atoms with Crippen molar-refractivity contribution in [3.05, 3.63) is 48.0 Å². The average molecular weight is 486 g/mol. The average Bonchev–Trinajstić information content (AvgIpc) is 3.37. The van der Waals surface area contributed by atoms with Crippen LogP contribution in [-0.2, 0) is 11.0 Å². The van der Waals surface area contributed by atoms with E-state index in [0.29, 0.717) is 19.4 Å². The van der Waals surface area contributed by atoms with Crippen molar-refractivity contribution in [3.63, 3.8) is 0 Å². The lowest BCUT2D eigenvalue weighted by Gasteiger charge is -2.32. The first kappa shape index (κ1) is 23.9. The molecule has 0 radical (unpaired) electrons. The summed E-state index contributed by atoms with van der Waals surface area (Å²) in [6.07, 6.45) is -8.90. The number of hydrogen-bond acceptors (Lipinski definition) is 5. The van der Waals surface area contributed by atoms with Gasteiger partial charge in [0.05, 0.1) is 34.1 Å². The fourth-order valence-electron chi connectivity index (χ4n) is 4.14. The van der Waals surface area contributed by atoms with Gasteiger partial charge in [0.1, 0.15) is 0 Å². The van der Waals surface area contributed by atoms with Crippen molar-refractivity contribution in [1.82, 2.24) is 14.5 Å². The molecule has 34 heavy (non-hydrogen) atoms. The van der Waals surface area contributed by atoms with Crippen LogP contribution < -0.4 is 9.64 Å². The number of esters is 1. The molecule has 0 amide bonds. The van der Waals surface area contributed by atoms with Crippen molar-refractivity contribution >= 4 is 22.7 Å². The first-order valence-corrected chi connectivity index (χ1v) is 10.3. The molecule has 3 aromatic rings. The fourth-order valence-corrected chi connectivity index (χ4v) is 4.14. The number of halogens is 6. The molecular weight excluding hydrogens is 466 g/mol. The summed E-state index contributed by atoms with van der Waals surface area (Å²) in [5.41, 5.74) is -0.741. The van der Waals surface area contributed by atoms with Crippen LogP contribution in [0, 0.1) is 0 Å². The van der Waals surface area contributed by atoms with Gasteiger partial charge in [0.2, 0.25) is 0 Å². The highest BCUT2D eigenvalue weighted by Crippen LogP contribution is 2.42. The lowest BCUT2D eigenvalue weighted by molar-refractivity contribution is -0.190. The van der Waals surface area contributed by atoms with Crippen molar-refractivity contribution in [3.8, 4) is 11.7 Å². The highest BCUT2D eigenvalue weighted by Gasteiger charge is 2.43. The van der Waals surface area contributed by atoms with Crippen molar-refractivity contribution in [2.45, 2.75) is 31.4 Å². The quantitative estimate of drug-likeness (QED) is 0.384. The predicted octanol–water partition coefficient (Wildman–Crippen LogP) is 5.00. The Hall–Kier alpha value is -3.28. The van der Waals surface area contributed by atoms with Gasteiger partial charge < -0.3 is 9.64 Å². The minimum atomic E-state index is -5.31. The molecule has 12 heteroatoms. The number of para-hydroxylation sites is 1. The Bertz CT molecular complexity index is 1200. The van der Waals surface area contributed by atoms with Gasteiger partial charge in [-0.25, -0.2) is 4.79 Å². The Morgan fingerprint density at radius 3 is 2.35 bits per heavy atom. The van der Waals surface area contributed by atoms with E-state index < -0.39 is 29.9 Å². The van der Waals surface area contributed by atoms with Crippen LogP contribution >= 0.6 is 0 Å². The number of fused-ring (bicyclic) bond motifs is 1. The molecule has 0 aliphatic carbocycles. The highest BCUT2D eigenvalue weighted by atomic mass is 19.4. The zero-order valence-electron chi connectivity index (χ0n) is 18.1. The lowest BCUT2D eigenvalue weighted by atomic mass is 10.1. The molecule has 1 aromatic heterocycles. The van der Waals surface area contributed by atoms with E-state index in [2.05, 4.69) is 9.72 Å². The van der Waals surface area contributed by atoms with Gasteiger partial charge in [-0.15, -0.1) is 0 Å². The predicted molar refractivity (Wildman–Crippen MR) is 112 cm³/mol. The van der Waals surface area contributed by atoms with Crippen LogP contribution in [0.1, 0.15) is 18.4 Å². The minimum absolute atomic E-state index is 0.109. The van der Waals surface area contributed by atoms with Gasteiger partial charge in [-0.2, -0.15) is 31.3 Å². The summed E-state index contributed by atoms with van der Waals surface area (Å²) in [5, 5.41) is 0. The Morgan fingerprint density at radius 1 is 1.09 bits per heavy atom. The number of aromatic nitrogens is 2. The monoisotopic (exact) mass is 486 g/mol. The molecule has 6 nitrogen and oxygen atoms in total. The topological polar surface area (TPSA) is 50.6 Å². The molecule has 1 saturated heterocycles. The molecule has 1 atom stereocenters. The standard InChI is InChI=1S/C22H20F6N4O2/c1-30(2)17-9-6-10-31(17)16-12-13(21(23,24)25)11-15-18(16)32(14-7-4-3-5-8-14)20(29-15)34-19(33)22(26,27)28/h3-5,7-8,11-12,17H,6,9-10H2,1-2H3. The van der Waals surface area contributed by atoms with Gasteiger partial charge in [-0.05, 0) is 51.2 Å². The van der Waals surface area contributed by atoms with Gasteiger partial charge in [0, 0.05) is 6.54 Å². The van der Waals surface area contributed by atoms with E-state index in [0.717, 1.165) is 16.7 Å². The van der Waals surface area contributed by atoms with E-state index in [9.17, 15) is 31.1 Å². The summed E-state index contributed by atoms with van der Waals surface area (Å²) >= 11 is 0. The maximum absolute atomic E-state index is 13.7. The zero-order chi connectivity index (χ0) is 24.8. The third kappa shape index (κ3) is 4.41. The second kappa shape index (κ2) is 8.49. The van der Waals surface area contributed by atoms with Crippen molar-refractivity contribution in [2.75, 3.05) is 25.5 Å². The molecule has 0 spiro atoms. The molecule has 1 aliphatic heterocycles. The molecule has 0 saturated carbocycles. The van der Waals surface area contributed by atoms with Crippen LogP contribution in [0.25, 0.3) is 16.7 Å². The number of imidazole rings is 1. The van der Waals surface area contributed by atoms with Crippen LogP contribution in [0.3, 0.4) is 0 Å². The number of nitrogens with zero attached hydrogens (tertiary/aromatic N) is 4.